The van der Waals surface area contributed by atoms with Gasteiger partial charge in [-0.1, -0.05) is 36.4 Å². The summed E-state index contributed by atoms with van der Waals surface area (Å²) in [6.45, 7) is 8.92. The number of esters is 5. The number of aliphatic carboxylic acids is 5. The van der Waals surface area contributed by atoms with Crippen molar-refractivity contribution in [2.75, 3.05) is 57.2 Å². The van der Waals surface area contributed by atoms with Gasteiger partial charge in [0.15, 0.2) is 0 Å². The van der Waals surface area contributed by atoms with E-state index in [-0.39, 0.29) is 130 Å². The monoisotopic (exact) mass is 2180 g/mol. The Labute approximate surface area is 859 Å². The zero-order chi connectivity index (χ0) is 111. The van der Waals surface area contributed by atoms with Crippen molar-refractivity contribution in [2.24, 2.45) is 0 Å². The van der Waals surface area contributed by atoms with Gasteiger partial charge in [0.05, 0.1) is 34.5 Å². The number of carboxylic acids is 5. The molecule has 0 bridgehead atoms. The third-order valence-electron chi connectivity index (χ3n) is 18.1. The first kappa shape index (κ1) is 123. The van der Waals surface area contributed by atoms with E-state index < -0.39 is 199 Å². The SMILES string of the molecule is CC(=O)NC(CSC(=O)Oc1ccc(-c2ccc(F)cc2F)cc1C(=O)OC(C)C)C(=O)O.COC(=O)c1cc(-c2ccc(F)cc2F)ccc1OC(=O)SCC(NC(C)=O)C(=O)O.COC(=O)c1cc(-c2ccc(F)cc2F)ccc1OC(=O)SC[C@@H](NC(C)=O)C(=O)O.COC(=O)c1cc(-c2ccc(F)cc2F)ccc1OC(=O)SC[C@H](NC(C)=O)C(=O)O.COC(=O)c1ccccc1OC(=O)SC[C@H](NC(C)=O)C(=O)O. The first-order valence-electron chi connectivity index (χ1n) is 41.9. The Morgan fingerprint density at radius 3 is 0.644 bits per heavy atom. The Bertz CT molecular complexity index is 6160. The largest absolute Gasteiger partial charge is 0.480 e. The highest BCUT2D eigenvalue weighted by Crippen LogP contribution is 2.37. The number of rotatable bonds is 35. The van der Waals surface area contributed by atoms with Crippen molar-refractivity contribution >= 4 is 175 Å². The van der Waals surface area contributed by atoms with Crippen LogP contribution >= 0.6 is 58.8 Å². The lowest BCUT2D eigenvalue weighted by molar-refractivity contribution is -0.141. The van der Waals surface area contributed by atoms with Gasteiger partial charge in [-0.2, -0.15) is 0 Å². The van der Waals surface area contributed by atoms with Gasteiger partial charge < -0.3 is 99.5 Å². The minimum absolute atomic E-state index is 0.00301. The number of carbonyl (C=O) groups is 20. The molecule has 0 fully saturated rings. The summed E-state index contributed by atoms with van der Waals surface area (Å²) in [4.78, 5) is 231. The Kier molecular flexibility index (Phi) is 49.9. The molecule has 0 saturated carbocycles. The van der Waals surface area contributed by atoms with E-state index in [1.807, 2.05) is 0 Å². The Morgan fingerprint density at radius 2 is 0.456 bits per heavy atom. The number of carboxylic acid groups (broad SMARTS) is 5. The topological polar surface area (TPSA) is 595 Å². The summed E-state index contributed by atoms with van der Waals surface area (Å²) in [6, 6.07) is 26.5. The number of carbonyl (C=O) groups excluding carboxylic acids is 15. The van der Waals surface area contributed by atoms with Gasteiger partial charge in [0.2, 0.25) is 29.5 Å². The summed E-state index contributed by atoms with van der Waals surface area (Å²) in [5.74, 6) is -22.4. The van der Waals surface area contributed by atoms with E-state index in [9.17, 15) is 131 Å². The molecule has 0 aliphatic rings. The van der Waals surface area contributed by atoms with E-state index in [4.69, 9.17) is 54.0 Å². The summed E-state index contributed by atoms with van der Waals surface area (Å²) >= 11 is 2.46. The van der Waals surface area contributed by atoms with Crippen molar-refractivity contribution in [1.82, 2.24) is 26.6 Å². The summed E-state index contributed by atoms with van der Waals surface area (Å²) in [5, 5.41) is 51.5. The molecule has 9 aromatic rings. The second kappa shape index (κ2) is 60.5. The third-order valence-corrected chi connectivity index (χ3v) is 22.2. The van der Waals surface area contributed by atoms with E-state index in [0.717, 1.165) is 73.3 Å². The Morgan fingerprint density at radius 1 is 0.262 bits per heavy atom. The van der Waals surface area contributed by atoms with Gasteiger partial charge >= 0.3 is 86.2 Å². The van der Waals surface area contributed by atoms with Crippen LogP contribution in [0.1, 0.15) is 100 Å². The summed E-state index contributed by atoms with van der Waals surface area (Å²) in [7, 11) is 4.48. The van der Waals surface area contributed by atoms with Crippen LogP contribution in [0.2, 0.25) is 0 Å². The second-order valence-corrected chi connectivity index (χ2v) is 34.3. The molecule has 5 atom stereocenters. The minimum atomic E-state index is -1.34. The molecule has 53 heteroatoms. The van der Waals surface area contributed by atoms with Gasteiger partial charge in [-0.05, 0) is 204 Å². The van der Waals surface area contributed by atoms with E-state index in [1.165, 1.54) is 123 Å². The average molecular weight is 2180 g/mol. The van der Waals surface area contributed by atoms with Crippen LogP contribution in [0.3, 0.4) is 0 Å². The van der Waals surface area contributed by atoms with Crippen molar-refractivity contribution in [3.05, 3.63) is 244 Å². The molecule has 0 aromatic heterocycles. The zero-order valence-electron chi connectivity index (χ0n) is 79.2. The van der Waals surface area contributed by atoms with Crippen LogP contribution in [-0.2, 0) is 71.6 Å². The maximum Gasteiger partial charge on any atom is 0.372 e. The molecule has 0 spiro atoms. The highest BCUT2D eigenvalue weighted by molar-refractivity contribution is 8.14. The summed E-state index contributed by atoms with van der Waals surface area (Å²) in [5.41, 5.74) is 0.185. The van der Waals surface area contributed by atoms with Gasteiger partial charge in [-0.25, -0.2) is 107 Å². The predicted octanol–water partition coefficient (Wildman–Crippen LogP) is 15.0. The predicted molar refractivity (Wildman–Crippen MR) is 518 cm³/mol. The van der Waals surface area contributed by atoms with Crippen LogP contribution < -0.4 is 50.3 Å². The number of methoxy groups -OCH3 is 4. The molecule has 9 rings (SSSR count). The maximum absolute atomic E-state index is 14.2. The Hall–Kier alpha value is -16.4. The highest BCUT2D eigenvalue weighted by Gasteiger charge is 2.32. The zero-order valence-corrected chi connectivity index (χ0v) is 83.3. The maximum atomic E-state index is 14.2. The van der Waals surface area contributed by atoms with E-state index >= 15 is 0 Å². The number of nitrogens with one attached hydrogen (secondary N) is 5. The minimum Gasteiger partial charge on any atom is -0.480 e. The number of ether oxygens (including phenoxy) is 10. The fourth-order valence-electron chi connectivity index (χ4n) is 11.6. The molecule has 792 valence electrons. The molecular formula is C96H87F8N5O35S5. The molecule has 40 nitrogen and oxygen atoms in total. The van der Waals surface area contributed by atoms with Crippen LogP contribution in [0, 0.1) is 46.5 Å². The molecule has 0 aliphatic carbocycles. The lowest BCUT2D eigenvalue weighted by atomic mass is 10.0. The molecular weight excluding hydrogens is 2100 g/mol. The van der Waals surface area contributed by atoms with Gasteiger partial charge in [-0.3, -0.25) is 24.0 Å². The van der Waals surface area contributed by atoms with E-state index in [2.05, 4.69) is 45.5 Å². The fraction of sp³-hybridized carbons (Fsp3) is 0.229. The van der Waals surface area contributed by atoms with Crippen LogP contribution in [0.25, 0.3) is 44.5 Å². The van der Waals surface area contributed by atoms with Crippen molar-refractivity contribution < 1.29 is 204 Å². The Balaban J connectivity index is 0.000000329. The van der Waals surface area contributed by atoms with Crippen LogP contribution in [0.15, 0.2) is 170 Å². The van der Waals surface area contributed by atoms with E-state index in [1.54, 1.807) is 26.0 Å². The van der Waals surface area contributed by atoms with Crippen LogP contribution in [0.4, 0.5) is 59.1 Å². The molecule has 9 aromatic carbocycles. The van der Waals surface area contributed by atoms with Crippen molar-refractivity contribution in [3.8, 4) is 73.3 Å². The standard InChI is InChI=1S/C22H21F2NO7S.3C20H17F2NO7S.C14H15NO7S/c1-11(2)31-21(29)16-8-13(15-6-5-14(23)9-17(15)24)4-7-19(16)32-22(30)33-10-18(20(27)28)25-12(3)26;3*1-10(24)23-16(18(25)26)9-31-20(28)30-17-6-3-11(7-14(17)19(27)29-2)13-5-4-12(21)8-15(13)22;1-8(16)15-10(12(17)18)7-23-14(20)22-11-6-4-3-5-9(11)13(19)21-2/h4-9,11,18H,10H2,1-3H3,(H,25,26)(H,27,28);3*3-8,16H,9H2,1-2H3,(H,23,24)(H,25,26);3-6,10H,7H2,1-2H3,(H,15,16)(H,17,18)/t;2*16-;;10-/m.10.0/s1. The normalized spacial score (nSPS) is 11.4. The quantitative estimate of drug-likeness (QED) is 0.0100. The lowest BCUT2D eigenvalue weighted by Gasteiger charge is -2.15. The number of para-hydroxylation sites is 1. The summed E-state index contributed by atoms with van der Waals surface area (Å²) in [6.07, 6.45) is -0.504. The summed E-state index contributed by atoms with van der Waals surface area (Å²) < 4.78 is 158. The third kappa shape index (κ3) is 41.2. The molecule has 5 amide bonds. The number of amides is 5. The van der Waals surface area contributed by atoms with Gasteiger partial charge in [0.1, 0.15) is 133 Å². The highest BCUT2D eigenvalue weighted by atomic mass is 32.2. The molecule has 10 N–H and O–H groups in total. The molecule has 0 heterocycles. The molecule has 0 radical (unpaired) electrons. The smallest absolute Gasteiger partial charge is 0.372 e. The number of halogens is 8. The van der Waals surface area contributed by atoms with Gasteiger partial charge in [0.25, 0.3) is 0 Å². The van der Waals surface area contributed by atoms with Crippen LogP contribution in [-0.4, -0.2) is 235 Å². The van der Waals surface area contributed by atoms with Crippen molar-refractivity contribution in [2.45, 2.75) is 84.8 Å². The first-order valence-corrected chi connectivity index (χ1v) is 46.8. The lowest BCUT2D eigenvalue weighted by Crippen LogP contribution is -2.41. The fourth-order valence-corrected chi connectivity index (χ4v) is 15.0. The molecule has 0 saturated heterocycles. The van der Waals surface area contributed by atoms with Gasteiger partial charge in [-0.15, -0.1) is 0 Å². The molecule has 2 unspecified atom stereocenters. The number of benzene rings is 9. The van der Waals surface area contributed by atoms with Gasteiger partial charge in [0, 0.05) is 110 Å². The first-order chi connectivity index (χ1) is 70.2. The van der Waals surface area contributed by atoms with Crippen molar-refractivity contribution in [3.63, 3.8) is 0 Å². The number of hydrogen-bond donors (Lipinski definition) is 10. The molecule has 149 heavy (non-hydrogen) atoms. The van der Waals surface area contributed by atoms with Crippen LogP contribution in [0.5, 0.6) is 28.7 Å². The molecule has 0 aliphatic heterocycles. The second-order valence-electron chi connectivity index (χ2n) is 29.5. The average Bonchev–Trinajstić information content (AvgIpc) is 0.801. The number of thioether (sulfide) groups is 5. The van der Waals surface area contributed by atoms with Crippen molar-refractivity contribution in [1.29, 1.82) is 0 Å². The number of hydrogen-bond acceptors (Lipinski definition) is 35. The van der Waals surface area contributed by atoms with E-state index in [0.29, 0.717) is 83.1 Å².